The van der Waals surface area contributed by atoms with Crippen molar-refractivity contribution in [3.05, 3.63) is 48.7 Å². The van der Waals surface area contributed by atoms with E-state index in [9.17, 15) is 0 Å². The molecule has 2 saturated heterocycles. The van der Waals surface area contributed by atoms with Gasteiger partial charge in [0.15, 0.2) is 0 Å². The molecule has 0 aromatic carbocycles. The smallest absolute Gasteiger partial charge is 0.224 e. The molecule has 6 rings (SSSR count). The number of nitrogens with zero attached hydrogens (tertiary/aromatic N) is 7. The second-order valence-electron chi connectivity index (χ2n) is 12.2. The number of nitrogens with one attached hydrogen (secondary N) is 3. The summed E-state index contributed by atoms with van der Waals surface area (Å²) in [4.78, 5) is 33.0. The molecule has 1 aliphatic carbocycles. The lowest BCUT2D eigenvalue weighted by molar-refractivity contribution is 0.127. The largest absolute Gasteiger partial charge is 0.356 e. The van der Waals surface area contributed by atoms with Gasteiger partial charge in [-0.1, -0.05) is 32.1 Å². The van der Waals surface area contributed by atoms with Crippen molar-refractivity contribution in [1.82, 2.24) is 39.7 Å². The number of imidazole rings is 2. The van der Waals surface area contributed by atoms with Crippen LogP contribution < -0.4 is 10.2 Å². The summed E-state index contributed by atoms with van der Waals surface area (Å²) in [6.07, 6.45) is 24.8. The summed E-state index contributed by atoms with van der Waals surface area (Å²) < 4.78 is 0. The Bertz CT molecular complexity index is 1100. The zero-order valence-corrected chi connectivity index (χ0v) is 24.6. The molecule has 3 aromatic rings. The number of anilines is 2. The predicted molar refractivity (Wildman–Crippen MR) is 163 cm³/mol. The topological polar surface area (TPSA) is 105 Å². The van der Waals surface area contributed by atoms with Crippen LogP contribution in [0.5, 0.6) is 0 Å². The first-order chi connectivity index (χ1) is 20.3. The molecule has 10 heteroatoms. The lowest BCUT2D eigenvalue weighted by atomic mass is 9.92. The van der Waals surface area contributed by atoms with Gasteiger partial charge in [0.25, 0.3) is 0 Å². The molecule has 0 unspecified atom stereocenters. The molecule has 3 N–H and O–H groups in total. The van der Waals surface area contributed by atoms with Crippen LogP contribution in [0.15, 0.2) is 37.1 Å². The quantitative estimate of drug-likeness (QED) is 0.285. The third-order valence-corrected chi connectivity index (χ3v) is 9.35. The van der Waals surface area contributed by atoms with Crippen molar-refractivity contribution in [3.8, 4) is 0 Å². The molecule has 2 atom stereocenters. The summed E-state index contributed by atoms with van der Waals surface area (Å²) in [5.41, 5.74) is 0. The van der Waals surface area contributed by atoms with E-state index in [4.69, 9.17) is 4.98 Å². The minimum Gasteiger partial charge on any atom is -0.356 e. The molecular formula is C31H48N10. The molecule has 10 nitrogen and oxygen atoms in total. The summed E-state index contributed by atoms with van der Waals surface area (Å²) in [7, 11) is 0. The maximum Gasteiger partial charge on any atom is 0.224 e. The summed E-state index contributed by atoms with van der Waals surface area (Å²) in [5.74, 6) is 3.88. The third-order valence-electron chi connectivity index (χ3n) is 9.35. The van der Waals surface area contributed by atoms with Crippen LogP contribution in [0.25, 0.3) is 0 Å². The molecule has 41 heavy (non-hydrogen) atoms. The molecule has 3 aromatic heterocycles. The number of aromatic nitrogens is 6. The van der Waals surface area contributed by atoms with E-state index in [0.717, 1.165) is 75.4 Å². The SMILES string of the molecule is c1cc(N2CCCCCC2)nc(N[C@H]2CCN(C3CCCCC3)[C@@H]2CCCN(Cc2ncc[nH]2)Cc2ncc[nH]2)n1. The Morgan fingerprint density at radius 1 is 0.805 bits per heavy atom. The molecule has 0 amide bonds. The summed E-state index contributed by atoms with van der Waals surface area (Å²) in [6.45, 7) is 5.97. The highest BCUT2D eigenvalue weighted by Crippen LogP contribution is 2.33. The summed E-state index contributed by atoms with van der Waals surface area (Å²) in [5, 5.41) is 3.83. The van der Waals surface area contributed by atoms with E-state index in [0.29, 0.717) is 18.1 Å². The Hall–Kier alpha value is -2.98. The van der Waals surface area contributed by atoms with E-state index in [2.05, 4.69) is 51.0 Å². The fourth-order valence-corrected chi connectivity index (χ4v) is 7.27. The number of H-pyrrole nitrogens is 2. The molecule has 0 bridgehead atoms. The van der Waals surface area contributed by atoms with Crippen molar-refractivity contribution < 1.29 is 0 Å². The second kappa shape index (κ2) is 14.3. The minimum absolute atomic E-state index is 0.375. The average Bonchev–Trinajstić information content (AvgIpc) is 3.74. The lowest BCUT2D eigenvalue weighted by Gasteiger charge is -2.37. The van der Waals surface area contributed by atoms with Crippen LogP contribution in [0.2, 0.25) is 0 Å². The van der Waals surface area contributed by atoms with Crippen molar-refractivity contribution in [1.29, 1.82) is 0 Å². The Kier molecular flexibility index (Phi) is 9.80. The van der Waals surface area contributed by atoms with Crippen molar-refractivity contribution in [2.75, 3.05) is 36.4 Å². The van der Waals surface area contributed by atoms with Gasteiger partial charge in [-0.3, -0.25) is 9.80 Å². The van der Waals surface area contributed by atoms with E-state index in [1.54, 1.807) is 0 Å². The van der Waals surface area contributed by atoms with Gasteiger partial charge in [0.1, 0.15) is 17.5 Å². The van der Waals surface area contributed by atoms with Gasteiger partial charge in [-0.05, 0) is 57.6 Å². The summed E-state index contributed by atoms with van der Waals surface area (Å²) >= 11 is 0. The second-order valence-corrected chi connectivity index (χ2v) is 12.2. The molecule has 0 spiro atoms. The van der Waals surface area contributed by atoms with Crippen molar-refractivity contribution in [2.45, 2.75) is 108 Å². The van der Waals surface area contributed by atoms with Crippen LogP contribution in [-0.4, -0.2) is 84.0 Å². The first-order valence-corrected chi connectivity index (χ1v) is 16.1. The van der Waals surface area contributed by atoms with Crippen LogP contribution in [0.1, 0.15) is 88.7 Å². The number of hydrogen-bond donors (Lipinski definition) is 3. The van der Waals surface area contributed by atoms with E-state index >= 15 is 0 Å². The van der Waals surface area contributed by atoms with E-state index in [1.165, 1.54) is 64.3 Å². The van der Waals surface area contributed by atoms with Gasteiger partial charge >= 0.3 is 0 Å². The van der Waals surface area contributed by atoms with Gasteiger partial charge in [0.2, 0.25) is 5.95 Å². The average molecular weight is 561 g/mol. The number of aromatic amines is 2. The highest BCUT2D eigenvalue weighted by molar-refractivity contribution is 5.43. The van der Waals surface area contributed by atoms with Gasteiger partial charge in [0.05, 0.1) is 13.1 Å². The van der Waals surface area contributed by atoms with E-state index in [-0.39, 0.29) is 0 Å². The highest BCUT2D eigenvalue weighted by Gasteiger charge is 2.38. The van der Waals surface area contributed by atoms with Crippen molar-refractivity contribution >= 4 is 11.8 Å². The highest BCUT2D eigenvalue weighted by atomic mass is 15.3. The van der Waals surface area contributed by atoms with E-state index in [1.807, 2.05) is 31.0 Å². The van der Waals surface area contributed by atoms with Gasteiger partial charge in [-0.15, -0.1) is 0 Å². The zero-order valence-electron chi connectivity index (χ0n) is 24.6. The van der Waals surface area contributed by atoms with Crippen LogP contribution in [0.4, 0.5) is 11.8 Å². The zero-order chi connectivity index (χ0) is 27.7. The van der Waals surface area contributed by atoms with Crippen LogP contribution in [0.3, 0.4) is 0 Å². The fourth-order valence-electron chi connectivity index (χ4n) is 7.27. The van der Waals surface area contributed by atoms with E-state index < -0.39 is 0 Å². The number of rotatable bonds is 12. The first-order valence-electron chi connectivity index (χ1n) is 16.1. The molecule has 0 radical (unpaired) electrons. The Morgan fingerprint density at radius 2 is 1.51 bits per heavy atom. The molecule has 5 heterocycles. The molecule has 2 aliphatic heterocycles. The molecular weight excluding hydrogens is 512 g/mol. The van der Waals surface area contributed by atoms with Crippen molar-refractivity contribution in [2.24, 2.45) is 0 Å². The van der Waals surface area contributed by atoms with Crippen LogP contribution in [-0.2, 0) is 13.1 Å². The normalized spacial score (nSPS) is 22.8. The molecule has 3 aliphatic rings. The maximum absolute atomic E-state index is 5.02. The third kappa shape index (κ3) is 7.65. The van der Waals surface area contributed by atoms with Gasteiger partial charge < -0.3 is 20.2 Å². The van der Waals surface area contributed by atoms with Crippen LogP contribution >= 0.6 is 0 Å². The fraction of sp³-hybridized carbons (Fsp3) is 0.677. The number of hydrogen-bond acceptors (Lipinski definition) is 8. The van der Waals surface area contributed by atoms with Gasteiger partial charge in [-0.2, -0.15) is 4.98 Å². The summed E-state index contributed by atoms with van der Waals surface area (Å²) in [6, 6.07) is 3.67. The Labute approximate surface area is 244 Å². The molecule has 222 valence electrons. The monoisotopic (exact) mass is 560 g/mol. The lowest BCUT2D eigenvalue weighted by Crippen LogP contribution is -2.45. The molecule has 1 saturated carbocycles. The van der Waals surface area contributed by atoms with Gasteiger partial charge in [0, 0.05) is 68.7 Å². The maximum atomic E-state index is 5.02. The van der Waals surface area contributed by atoms with Crippen LogP contribution in [0, 0.1) is 0 Å². The Morgan fingerprint density at radius 3 is 2.20 bits per heavy atom. The first kappa shape index (κ1) is 28.2. The standard InChI is InChI=1S/C31H48N10/c1-2-7-21-40(20-6-1)30-12-14-36-31(38-30)37-26-13-22-41(25-9-4-3-5-10-25)27(26)11-8-19-39(23-28-32-15-16-33-28)24-29-34-17-18-35-29/h12,14-18,25-27H,1-11,13,19-24H2,(H,32,33)(H,34,35)(H,36,37,38)/t26-,27+/m0/s1. The predicted octanol–water partition coefficient (Wildman–Crippen LogP) is 4.97. The Balaban J connectivity index is 1.12. The van der Waals surface area contributed by atoms with Gasteiger partial charge in [-0.25, -0.2) is 15.0 Å². The minimum atomic E-state index is 0.375. The van der Waals surface area contributed by atoms with Crippen molar-refractivity contribution in [3.63, 3.8) is 0 Å². The molecule has 3 fully saturated rings. The number of likely N-dealkylation sites (tertiary alicyclic amines) is 1.